The van der Waals surface area contributed by atoms with E-state index in [0.717, 1.165) is 0 Å². The van der Waals surface area contributed by atoms with Crippen molar-refractivity contribution in [3.05, 3.63) is 0 Å². The van der Waals surface area contributed by atoms with Gasteiger partial charge in [-0.25, -0.2) is 0 Å². The molecule has 0 atom stereocenters. The summed E-state index contributed by atoms with van der Waals surface area (Å²) in [6.07, 6.45) is 0. The topological polar surface area (TPSA) is 94.5 Å². The second-order valence-electron chi connectivity index (χ2n) is 0.214. The number of rotatable bonds is 0. The molecule has 0 bridgehead atoms. The van der Waals surface area contributed by atoms with Gasteiger partial charge in [-0.3, -0.25) is 0 Å². The van der Waals surface area contributed by atoms with Crippen LogP contribution in [0, 0.1) is 37.9 Å². The van der Waals surface area contributed by atoms with Crippen LogP contribution in [-0.2, 0) is 0 Å². The Bertz CT molecular complexity index is 14.9. The third kappa shape index (κ3) is 164. The molecule has 0 saturated carbocycles. The van der Waals surface area contributed by atoms with Crippen LogP contribution in [0.4, 0.5) is 2.73 Å². The van der Waals surface area contributed by atoms with Gasteiger partial charge in [0.2, 0.25) is 0 Å². The Morgan fingerprint density at radius 3 is 0.714 bits per heavy atom. The van der Waals surface area contributed by atoms with Crippen molar-refractivity contribution < 1.29 is 57.1 Å². The van der Waals surface area contributed by atoms with Gasteiger partial charge >= 0.3 is 40.7 Å². The van der Waals surface area contributed by atoms with Crippen LogP contribution in [0.15, 0.2) is 0 Å². The summed E-state index contributed by atoms with van der Waals surface area (Å²) in [5.41, 5.74) is 0. The van der Waals surface area contributed by atoms with Crippen LogP contribution in [0.2, 0.25) is 0 Å². The molecule has 0 unspecified atom stereocenters. The van der Waals surface area contributed by atoms with Crippen LogP contribution < -0.4 is 0 Å². The molecule has 7 heteroatoms. The third-order valence-electron chi connectivity index (χ3n) is 0. The summed E-state index contributed by atoms with van der Waals surface area (Å²) in [6, 6.07) is 0. The Morgan fingerprint density at radius 1 is 0.714 bits per heavy atom. The van der Waals surface area contributed by atoms with Gasteiger partial charge < -0.3 is 16.4 Å². The van der Waals surface area contributed by atoms with Gasteiger partial charge in [-0.2, -0.15) is 0 Å². The van der Waals surface area contributed by atoms with Gasteiger partial charge in [-0.15, -0.1) is 0 Å². The fourth-order valence-corrected chi connectivity index (χ4v) is 0. The molecule has 0 fully saturated rings. The van der Waals surface area contributed by atoms with E-state index in [1.807, 2.05) is 0 Å². The van der Waals surface area contributed by atoms with Crippen molar-refractivity contribution in [2.75, 3.05) is 0 Å². The Hall–Kier alpha value is 1.05. The Balaban J connectivity index is -0.0000000150. The monoisotopic (exact) mass is 251 g/mol. The summed E-state index contributed by atoms with van der Waals surface area (Å²) >= 11 is -5.16. The predicted molar refractivity (Wildman–Crippen MR) is 14.2 cm³/mol. The third-order valence-corrected chi connectivity index (χ3v) is 0. The van der Waals surface area contributed by atoms with Crippen LogP contribution in [0.25, 0.3) is 0 Å². The Kier molecular flexibility index (Phi) is 54.8. The van der Waals surface area contributed by atoms with Crippen LogP contribution in [0.5, 0.6) is 0 Å². The summed E-state index contributed by atoms with van der Waals surface area (Å²) in [5.74, 6) is 0. The first-order valence-electron chi connectivity index (χ1n) is 0.567. The zero-order valence-corrected chi connectivity index (χ0v) is 6.27. The van der Waals surface area contributed by atoms with Crippen LogP contribution in [-0.4, -0.2) is 16.4 Å². The van der Waals surface area contributed by atoms with Gasteiger partial charge in [0.05, 0.1) is 0 Å². The SMILES string of the molecule is O.O.O.[F][Ce]([F])[F]. The quantitative estimate of drug-likeness (QED) is 0.516. The molecule has 0 heterocycles. The van der Waals surface area contributed by atoms with Crippen LogP contribution in [0.3, 0.4) is 0 Å². The van der Waals surface area contributed by atoms with E-state index in [0.29, 0.717) is 0 Å². The number of halogens is 3. The molecule has 0 aliphatic carbocycles. The van der Waals surface area contributed by atoms with Gasteiger partial charge in [-0.1, -0.05) is 0 Å². The average Bonchev–Trinajstić information content (AvgIpc) is 0.811. The van der Waals surface area contributed by atoms with Crippen molar-refractivity contribution in [3.63, 3.8) is 0 Å². The van der Waals surface area contributed by atoms with Crippen molar-refractivity contribution in [3.8, 4) is 0 Å². The van der Waals surface area contributed by atoms with E-state index in [1.165, 1.54) is 0 Å². The molecule has 0 rings (SSSR count). The van der Waals surface area contributed by atoms with Gasteiger partial charge in [0.1, 0.15) is 0 Å². The minimum atomic E-state index is -5.16. The van der Waals surface area contributed by atoms with Gasteiger partial charge in [0.15, 0.2) is 0 Å². The standard InChI is InChI=1S/Ce.3FH.3H2O/h;3*1H;3*1H2/q+3;;;;;;/p-3. The first-order valence-corrected chi connectivity index (χ1v) is 4.13. The molecule has 7 heavy (non-hydrogen) atoms. The summed E-state index contributed by atoms with van der Waals surface area (Å²) in [7, 11) is 0. The van der Waals surface area contributed by atoms with Crippen molar-refractivity contribution in [2.45, 2.75) is 0 Å². The first-order chi connectivity index (χ1) is 1.73. The van der Waals surface area contributed by atoms with Crippen molar-refractivity contribution >= 4 is 0 Å². The van der Waals surface area contributed by atoms with E-state index in [4.69, 9.17) is 0 Å². The summed E-state index contributed by atoms with van der Waals surface area (Å²) in [5, 5.41) is 0. The van der Waals surface area contributed by atoms with E-state index in [2.05, 4.69) is 0 Å². The second kappa shape index (κ2) is 15.7. The van der Waals surface area contributed by atoms with Crippen LogP contribution in [0.1, 0.15) is 0 Å². The molecule has 0 spiro atoms. The molecule has 49 valence electrons. The van der Waals surface area contributed by atoms with E-state index >= 15 is 0 Å². The minimum absolute atomic E-state index is 0. The fraction of sp³-hybridized carbons (Fsp3) is 0. The summed E-state index contributed by atoms with van der Waals surface area (Å²) in [6.45, 7) is 0. The predicted octanol–water partition coefficient (Wildman–Crippen LogP) is -1.21. The Labute approximate surface area is 56.7 Å². The molecule has 0 aromatic carbocycles. The molecular weight excluding hydrogens is 245 g/mol. The van der Waals surface area contributed by atoms with Crippen molar-refractivity contribution in [1.82, 2.24) is 0 Å². The zero-order valence-electron chi connectivity index (χ0n) is 3.13. The number of hydrogen-bond acceptors (Lipinski definition) is 0. The molecule has 6 N–H and O–H groups in total. The molecule has 3 nitrogen and oxygen atoms in total. The number of hydrogen-bond donors (Lipinski definition) is 0. The van der Waals surface area contributed by atoms with Gasteiger partial charge in [0, 0.05) is 0 Å². The molecule has 0 aliphatic rings. The average molecular weight is 251 g/mol. The molecule has 0 saturated heterocycles. The zero-order chi connectivity index (χ0) is 3.58. The van der Waals surface area contributed by atoms with E-state index in [1.54, 1.807) is 0 Å². The van der Waals surface area contributed by atoms with Crippen LogP contribution >= 0.6 is 0 Å². The van der Waals surface area contributed by atoms with Crippen molar-refractivity contribution in [1.29, 1.82) is 0 Å². The Morgan fingerprint density at radius 2 is 0.714 bits per heavy atom. The van der Waals surface area contributed by atoms with Gasteiger partial charge in [-0.05, 0) is 0 Å². The molecule has 0 amide bonds. The van der Waals surface area contributed by atoms with E-state index < -0.39 is 37.9 Å². The summed E-state index contributed by atoms with van der Waals surface area (Å²) < 4.78 is 29.6. The molecule has 0 radical (unpaired) electrons. The molecule has 0 aromatic heterocycles. The molecular formula is H6CeF3O3. The molecule has 0 aromatic rings. The normalized spacial score (nSPS) is 3.86. The van der Waals surface area contributed by atoms with Crippen molar-refractivity contribution in [2.24, 2.45) is 0 Å². The fourth-order valence-electron chi connectivity index (χ4n) is 0. The maximum atomic E-state index is 9.88. The summed E-state index contributed by atoms with van der Waals surface area (Å²) in [4.78, 5) is 0. The van der Waals surface area contributed by atoms with E-state index in [9.17, 15) is 2.73 Å². The maximum absolute atomic E-state index is 9.88. The second-order valence-corrected chi connectivity index (χ2v) is 1.56. The molecule has 0 aliphatic heterocycles. The van der Waals surface area contributed by atoms with E-state index in [-0.39, 0.29) is 16.4 Å². The first kappa shape index (κ1) is 24.4. The van der Waals surface area contributed by atoms with Gasteiger partial charge in [0.25, 0.3) is 0 Å².